The number of anilines is 1. The Morgan fingerprint density at radius 1 is 1.44 bits per heavy atom. The van der Waals surface area contributed by atoms with Gasteiger partial charge in [0.2, 0.25) is 5.91 Å². The Bertz CT molecular complexity index is 461. The summed E-state index contributed by atoms with van der Waals surface area (Å²) in [6.45, 7) is 0.440. The Morgan fingerprint density at radius 2 is 2.11 bits per heavy atom. The van der Waals surface area contributed by atoms with Crippen LogP contribution in [0.2, 0.25) is 5.02 Å². The van der Waals surface area contributed by atoms with Crippen molar-refractivity contribution in [2.45, 2.75) is 12.5 Å². The maximum Gasteiger partial charge on any atom is 0.407 e. The molecule has 2 amide bonds. The van der Waals surface area contributed by atoms with E-state index < -0.39 is 6.09 Å². The van der Waals surface area contributed by atoms with Gasteiger partial charge >= 0.3 is 6.09 Å². The molecule has 1 heterocycles. The molecular formula is C12H13ClN2O3. The van der Waals surface area contributed by atoms with Crippen molar-refractivity contribution in [3.63, 3.8) is 0 Å². The molecular weight excluding hydrogens is 256 g/mol. The molecule has 0 aliphatic carbocycles. The molecule has 96 valence electrons. The van der Waals surface area contributed by atoms with Crippen LogP contribution in [0.3, 0.4) is 0 Å². The Balaban J connectivity index is 2.05. The zero-order valence-electron chi connectivity index (χ0n) is 9.85. The van der Waals surface area contributed by atoms with E-state index in [0.717, 1.165) is 5.69 Å². The number of amides is 2. The summed E-state index contributed by atoms with van der Waals surface area (Å²) in [5.74, 6) is -0.0290. The molecule has 1 saturated heterocycles. The lowest BCUT2D eigenvalue weighted by Gasteiger charge is -2.17. The second-order valence-corrected chi connectivity index (χ2v) is 4.45. The van der Waals surface area contributed by atoms with Gasteiger partial charge in [0.1, 0.15) is 0 Å². The molecule has 5 nitrogen and oxygen atoms in total. The maximum absolute atomic E-state index is 11.8. The zero-order valence-corrected chi connectivity index (χ0v) is 10.6. The van der Waals surface area contributed by atoms with Gasteiger partial charge in [-0.2, -0.15) is 0 Å². The first-order chi connectivity index (χ1) is 8.60. The van der Waals surface area contributed by atoms with Crippen molar-refractivity contribution < 1.29 is 14.3 Å². The van der Waals surface area contributed by atoms with Crippen molar-refractivity contribution in [3.05, 3.63) is 29.3 Å². The van der Waals surface area contributed by atoms with Gasteiger partial charge in [0, 0.05) is 23.7 Å². The van der Waals surface area contributed by atoms with Crippen molar-refractivity contribution in [3.8, 4) is 0 Å². The predicted molar refractivity (Wildman–Crippen MR) is 67.8 cm³/mol. The Labute approximate surface area is 110 Å². The van der Waals surface area contributed by atoms with Crippen LogP contribution in [-0.2, 0) is 9.53 Å². The number of nitrogens with zero attached hydrogens (tertiary/aromatic N) is 1. The van der Waals surface area contributed by atoms with E-state index in [1.165, 1.54) is 7.11 Å². The highest BCUT2D eigenvalue weighted by Crippen LogP contribution is 2.23. The molecule has 1 N–H and O–H groups in total. The van der Waals surface area contributed by atoms with Gasteiger partial charge in [-0.15, -0.1) is 0 Å². The number of hydrogen-bond donors (Lipinski definition) is 1. The number of methoxy groups -OCH3 is 1. The quantitative estimate of drug-likeness (QED) is 0.890. The summed E-state index contributed by atoms with van der Waals surface area (Å²) in [4.78, 5) is 24.5. The first kappa shape index (κ1) is 12.7. The highest BCUT2D eigenvalue weighted by molar-refractivity contribution is 6.30. The third-order valence-electron chi connectivity index (χ3n) is 2.77. The van der Waals surface area contributed by atoms with Crippen molar-refractivity contribution in [2.75, 3.05) is 18.6 Å². The molecule has 18 heavy (non-hydrogen) atoms. The standard InChI is InChI=1S/C12H13ClN2O3/c1-18-12(17)14-9-6-11(16)15(7-9)10-4-2-8(13)3-5-10/h2-5,9H,6-7H2,1H3,(H,14,17)/t9-/m0/s1. The van der Waals surface area contributed by atoms with Gasteiger partial charge in [-0.05, 0) is 24.3 Å². The third kappa shape index (κ3) is 2.73. The van der Waals surface area contributed by atoms with Crippen LogP contribution in [0.15, 0.2) is 24.3 Å². The number of halogens is 1. The lowest BCUT2D eigenvalue weighted by molar-refractivity contribution is -0.117. The van der Waals surface area contributed by atoms with E-state index in [0.29, 0.717) is 11.6 Å². The Hall–Kier alpha value is -1.75. The fourth-order valence-electron chi connectivity index (χ4n) is 1.90. The molecule has 1 aliphatic heterocycles. The molecule has 6 heteroatoms. The number of alkyl carbamates (subject to hydrolysis) is 1. The highest BCUT2D eigenvalue weighted by Gasteiger charge is 2.31. The first-order valence-corrected chi connectivity index (χ1v) is 5.88. The normalized spacial score (nSPS) is 18.9. The molecule has 0 unspecified atom stereocenters. The van der Waals surface area contributed by atoms with Crippen LogP contribution in [0.25, 0.3) is 0 Å². The van der Waals surface area contributed by atoms with Crippen molar-refractivity contribution in [1.29, 1.82) is 0 Å². The largest absolute Gasteiger partial charge is 0.453 e. The third-order valence-corrected chi connectivity index (χ3v) is 3.02. The fraction of sp³-hybridized carbons (Fsp3) is 0.333. The maximum atomic E-state index is 11.8. The summed E-state index contributed by atoms with van der Waals surface area (Å²) < 4.78 is 4.51. The van der Waals surface area contributed by atoms with Gasteiger partial charge in [0.25, 0.3) is 0 Å². The number of nitrogens with one attached hydrogen (secondary N) is 1. The average molecular weight is 269 g/mol. The van der Waals surface area contributed by atoms with Crippen molar-refractivity contribution >= 4 is 29.3 Å². The SMILES string of the molecule is COC(=O)N[C@H]1CC(=O)N(c2ccc(Cl)cc2)C1. The Kier molecular flexibility index (Phi) is 3.72. The second-order valence-electron chi connectivity index (χ2n) is 4.02. The van der Waals surface area contributed by atoms with Crippen LogP contribution in [0.5, 0.6) is 0 Å². The minimum absolute atomic E-state index is 0.0290. The topological polar surface area (TPSA) is 58.6 Å². The molecule has 1 fully saturated rings. The van der Waals surface area contributed by atoms with Crippen LogP contribution >= 0.6 is 11.6 Å². The molecule has 2 rings (SSSR count). The van der Waals surface area contributed by atoms with Crippen molar-refractivity contribution in [1.82, 2.24) is 5.32 Å². The van der Waals surface area contributed by atoms with Crippen molar-refractivity contribution in [2.24, 2.45) is 0 Å². The Morgan fingerprint density at radius 3 is 2.72 bits per heavy atom. The molecule has 0 bridgehead atoms. The molecule has 1 aromatic rings. The van der Waals surface area contributed by atoms with E-state index in [-0.39, 0.29) is 18.4 Å². The molecule has 0 spiro atoms. The summed E-state index contributed by atoms with van der Waals surface area (Å²) in [6, 6.07) is 6.79. The van der Waals surface area contributed by atoms with E-state index in [1.807, 2.05) is 0 Å². The van der Waals surface area contributed by atoms with E-state index in [4.69, 9.17) is 11.6 Å². The number of hydrogen-bond acceptors (Lipinski definition) is 3. The van der Waals surface area contributed by atoms with Gasteiger partial charge in [0.05, 0.1) is 13.2 Å². The summed E-state index contributed by atoms with van der Waals surface area (Å²) in [6.07, 6.45) is -0.247. The number of carbonyl (C=O) groups excluding carboxylic acids is 2. The summed E-state index contributed by atoms with van der Waals surface area (Å²) in [7, 11) is 1.29. The van der Waals surface area contributed by atoms with E-state index in [9.17, 15) is 9.59 Å². The highest BCUT2D eigenvalue weighted by atomic mass is 35.5. The first-order valence-electron chi connectivity index (χ1n) is 5.50. The van der Waals surface area contributed by atoms with Gasteiger partial charge in [-0.1, -0.05) is 11.6 Å². The van der Waals surface area contributed by atoms with Gasteiger partial charge in [-0.3, -0.25) is 4.79 Å². The zero-order chi connectivity index (χ0) is 13.1. The molecule has 1 aromatic carbocycles. The molecule has 1 aliphatic rings. The second kappa shape index (κ2) is 5.27. The monoisotopic (exact) mass is 268 g/mol. The lowest BCUT2D eigenvalue weighted by Crippen LogP contribution is -2.37. The van der Waals surface area contributed by atoms with E-state index in [2.05, 4.69) is 10.1 Å². The summed E-state index contributed by atoms with van der Waals surface area (Å²) in [5, 5.41) is 3.24. The lowest BCUT2D eigenvalue weighted by atomic mass is 10.3. The number of carbonyl (C=O) groups is 2. The average Bonchev–Trinajstić information content (AvgIpc) is 2.71. The van der Waals surface area contributed by atoms with Crippen LogP contribution in [0.1, 0.15) is 6.42 Å². The number of benzene rings is 1. The van der Waals surface area contributed by atoms with Gasteiger partial charge in [-0.25, -0.2) is 4.79 Å². The molecule has 1 atom stereocenters. The summed E-state index contributed by atoms with van der Waals surface area (Å²) >= 11 is 5.79. The smallest absolute Gasteiger partial charge is 0.407 e. The van der Waals surface area contributed by atoms with E-state index in [1.54, 1.807) is 29.2 Å². The van der Waals surface area contributed by atoms with Crippen LogP contribution in [-0.4, -0.2) is 31.7 Å². The summed E-state index contributed by atoms with van der Waals surface area (Å²) in [5.41, 5.74) is 0.776. The number of ether oxygens (including phenoxy) is 1. The number of rotatable bonds is 2. The van der Waals surface area contributed by atoms with Gasteiger partial charge < -0.3 is 15.0 Å². The molecule has 0 saturated carbocycles. The molecule has 0 aromatic heterocycles. The molecule has 0 radical (unpaired) electrons. The van der Waals surface area contributed by atoms with Crippen LogP contribution < -0.4 is 10.2 Å². The van der Waals surface area contributed by atoms with Gasteiger partial charge in [0.15, 0.2) is 0 Å². The van der Waals surface area contributed by atoms with Crippen LogP contribution in [0.4, 0.5) is 10.5 Å². The minimum atomic E-state index is -0.522. The minimum Gasteiger partial charge on any atom is -0.453 e. The van der Waals surface area contributed by atoms with Crippen LogP contribution in [0, 0.1) is 0 Å². The fourth-order valence-corrected chi connectivity index (χ4v) is 2.03. The predicted octanol–water partition coefficient (Wildman–Crippen LogP) is 1.80. The van der Waals surface area contributed by atoms with E-state index >= 15 is 0 Å².